The van der Waals surface area contributed by atoms with Crippen LogP contribution in [0.25, 0.3) is 0 Å². The van der Waals surface area contributed by atoms with Gasteiger partial charge in [-0.25, -0.2) is 5.43 Å². The molecule has 6 nitrogen and oxygen atoms in total. The third-order valence-electron chi connectivity index (χ3n) is 3.83. The summed E-state index contributed by atoms with van der Waals surface area (Å²) in [5, 5.41) is 4.43. The second kappa shape index (κ2) is 8.24. The van der Waals surface area contributed by atoms with Crippen molar-refractivity contribution in [1.29, 1.82) is 0 Å². The van der Waals surface area contributed by atoms with E-state index >= 15 is 0 Å². The molecule has 1 aromatic rings. The summed E-state index contributed by atoms with van der Waals surface area (Å²) in [4.78, 5) is 2.44. The molecule has 7 heteroatoms. The number of halogens is 1. The number of aromatic nitrogens is 2. The van der Waals surface area contributed by atoms with Gasteiger partial charge in [-0.05, 0) is 35.3 Å². The molecule has 2 rings (SSSR count). The van der Waals surface area contributed by atoms with E-state index in [1.165, 1.54) is 0 Å². The lowest BCUT2D eigenvalue weighted by molar-refractivity contribution is -0.0485. The van der Waals surface area contributed by atoms with Gasteiger partial charge in [0.1, 0.15) is 0 Å². The van der Waals surface area contributed by atoms with E-state index < -0.39 is 0 Å². The van der Waals surface area contributed by atoms with Crippen LogP contribution < -0.4 is 11.3 Å². The summed E-state index contributed by atoms with van der Waals surface area (Å²) in [7, 11) is 0. The maximum Gasteiger partial charge on any atom is 0.0925 e. The first-order valence-corrected chi connectivity index (χ1v) is 8.51. The molecule has 0 amide bonds. The summed E-state index contributed by atoms with van der Waals surface area (Å²) >= 11 is 3.59. The standard InChI is InChI=1S/C14H26BrN5O/c1-3-5-19-7-8-21-12(10-19)13(18-16)14-11(15)9-17-20(14)6-4-2/h9,12-13,18H,3-8,10,16H2,1-2H3. The Morgan fingerprint density at radius 1 is 1.48 bits per heavy atom. The Morgan fingerprint density at radius 2 is 2.24 bits per heavy atom. The number of hydrogen-bond donors (Lipinski definition) is 2. The second-order valence-electron chi connectivity index (χ2n) is 5.46. The van der Waals surface area contributed by atoms with Crippen LogP contribution in [0, 0.1) is 0 Å². The Kier molecular flexibility index (Phi) is 6.63. The zero-order valence-corrected chi connectivity index (χ0v) is 14.5. The molecule has 120 valence electrons. The molecule has 1 saturated heterocycles. The van der Waals surface area contributed by atoms with Crippen molar-refractivity contribution in [2.45, 2.75) is 45.4 Å². The van der Waals surface area contributed by atoms with Gasteiger partial charge in [-0.3, -0.25) is 15.4 Å². The van der Waals surface area contributed by atoms with E-state index in [0.29, 0.717) is 0 Å². The Bertz CT molecular complexity index is 437. The van der Waals surface area contributed by atoms with Crippen molar-refractivity contribution >= 4 is 15.9 Å². The van der Waals surface area contributed by atoms with Crippen LogP contribution in [-0.4, -0.2) is 47.0 Å². The number of rotatable bonds is 7. The number of nitrogens with one attached hydrogen (secondary N) is 1. The quantitative estimate of drug-likeness (QED) is 0.572. The van der Waals surface area contributed by atoms with Gasteiger partial charge in [-0.2, -0.15) is 5.10 Å². The zero-order chi connectivity index (χ0) is 15.2. The highest BCUT2D eigenvalue weighted by atomic mass is 79.9. The van der Waals surface area contributed by atoms with Gasteiger partial charge < -0.3 is 4.74 Å². The van der Waals surface area contributed by atoms with E-state index in [9.17, 15) is 0 Å². The molecular formula is C14H26BrN5O. The van der Waals surface area contributed by atoms with E-state index in [1.54, 1.807) is 0 Å². The summed E-state index contributed by atoms with van der Waals surface area (Å²) < 4.78 is 8.97. The molecule has 0 aliphatic carbocycles. The molecule has 2 heterocycles. The van der Waals surface area contributed by atoms with Crippen LogP contribution in [0.3, 0.4) is 0 Å². The number of aryl methyl sites for hydroxylation is 1. The third-order valence-corrected chi connectivity index (χ3v) is 4.44. The molecule has 0 radical (unpaired) electrons. The average Bonchev–Trinajstić information content (AvgIpc) is 2.83. The van der Waals surface area contributed by atoms with Crippen LogP contribution in [0.5, 0.6) is 0 Å². The van der Waals surface area contributed by atoms with Crippen molar-refractivity contribution in [3.63, 3.8) is 0 Å². The molecule has 0 saturated carbocycles. The van der Waals surface area contributed by atoms with Gasteiger partial charge in [0.25, 0.3) is 0 Å². The lowest BCUT2D eigenvalue weighted by Gasteiger charge is -2.36. The number of nitrogens with two attached hydrogens (primary N) is 1. The molecule has 0 bridgehead atoms. The third kappa shape index (κ3) is 4.04. The van der Waals surface area contributed by atoms with Crippen molar-refractivity contribution < 1.29 is 4.74 Å². The normalized spacial score (nSPS) is 21.6. The highest BCUT2D eigenvalue weighted by Gasteiger charge is 2.32. The Labute approximate surface area is 135 Å². The first-order valence-electron chi connectivity index (χ1n) is 7.72. The van der Waals surface area contributed by atoms with Crippen LogP contribution in [0.1, 0.15) is 38.4 Å². The summed E-state index contributed by atoms with van der Waals surface area (Å²) in [5.74, 6) is 5.84. The van der Waals surface area contributed by atoms with Crippen LogP contribution in [0.2, 0.25) is 0 Å². The maximum atomic E-state index is 5.97. The van der Waals surface area contributed by atoms with Gasteiger partial charge in [0.2, 0.25) is 0 Å². The van der Waals surface area contributed by atoms with Crippen LogP contribution >= 0.6 is 15.9 Å². The van der Waals surface area contributed by atoms with E-state index in [2.05, 4.69) is 45.2 Å². The minimum absolute atomic E-state index is 0.0407. The fourth-order valence-corrected chi connectivity index (χ4v) is 3.43. The van der Waals surface area contributed by atoms with E-state index in [0.717, 1.165) is 55.8 Å². The molecule has 1 fully saturated rings. The van der Waals surface area contributed by atoms with E-state index in [-0.39, 0.29) is 12.1 Å². The fraction of sp³-hybridized carbons (Fsp3) is 0.786. The van der Waals surface area contributed by atoms with Gasteiger partial charge >= 0.3 is 0 Å². The van der Waals surface area contributed by atoms with Crippen LogP contribution in [0.15, 0.2) is 10.7 Å². The molecule has 2 atom stereocenters. The second-order valence-corrected chi connectivity index (χ2v) is 6.31. The molecule has 0 spiro atoms. The number of ether oxygens (including phenoxy) is 1. The number of hydrogen-bond acceptors (Lipinski definition) is 5. The van der Waals surface area contributed by atoms with Crippen molar-refractivity contribution in [1.82, 2.24) is 20.1 Å². The van der Waals surface area contributed by atoms with Crippen LogP contribution in [0.4, 0.5) is 0 Å². The topological polar surface area (TPSA) is 68.3 Å². The summed E-state index contributed by atoms with van der Waals surface area (Å²) in [5.41, 5.74) is 4.01. The Morgan fingerprint density at radius 3 is 2.90 bits per heavy atom. The predicted molar refractivity (Wildman–Crippen MR) is 86.8 cm³/mol. The summed E-state index contributed by atoms with van der Waals surface area (Å²) in [6.45, 7) is 8.98. The summed E-state index contributed by atoms with van der Waals surface area (Å²) in [6.07, 6.45) is 4.07. The SMILES string of the molecule is CCCN1CCOC(C(NN)c2c(Br)cnn2CCC)C1. The van der Waals surface area contributed by atoms with Gasteiger partial charge in [0, 0.05) is 19.6 Å². The van der Waals surface area contributed by atoms with E-state index in [4.69, 9.17) is 10.6 Å². The average molecular weight is 360 g/mol. The van der Waals surface area contributed by atoms with Crippen molar-refractivity contribution in [2.24, 2.45) is 5.84 Å². The van der Waals surface area contributed by atoms with Gasteiger partial charge in [-0.1, -0.05) is 13.8 Å². The van der Waals surface area contributed by atoms with Gasteiger partial charge in [0.05, 0.1) is 35.1 Å². The minimum Gasteiger partial charge on any atom is -0.373 e. The highest BCUT2D eigenvalue weighted by molar-refractivity contribution is 9.10. The Balaban J connectivity index is 2.17. The smallest absolute Gasteiger partial charge is 0.0925 e. The zero-order valence-electron chi connectivity index (χ0n) is 12.9. The van der Waals surface area contributed by atoms with Gasteiger partial charge in [0.15, 0.2) is 0 Å². The molecule has 1 aliphatic heterocycles. The largest absolute Gasteiger partial charge is 0.373 e. The van der Waals surface area contributed by atoms with E-state index in [1.807, 2.05) is 10.9 Å². The monoisotopic (exact) mass is 359 g/mol. The predicted octanol–water partition coefficient (Wildman–Crippen LogP) is 1.67. The first kappa shape index (κ1) is 16.9. The van der Waals surface area contributed by atoms with Crippen molar-refractivity contribution in [3.8, 4) is 0 Å². The minimum atomic E-state index is -0.0620. The molecular weight excluding hydrogens is 334 g/mol. The first-order chi connectivity index (χ1) is 10.2. The molecule has 3 N–H and O–H groups in total. The van der Waals surface area contributed by atoms with Crippen LogP contribution in [-0.2, 0) is 11.3 Å². The van der Waals surface area contributed by atoms with Crippen molar-refractivity contribution in [3.05, 3.63) is 16.4 Å². The van der Waals surface area contributed by atoms with Gasteiger partial charge in [-0.15, -0.1) is 0 Å². The van der Waals surface area contributed by atoms with Crippen molar-refractivity contribution in [2.75, 3.05) is 26.2 Å². The Hall–Kier alpha value is -0.470. The molecule has 1 aliphatic rings. The highest BCUT2D eigenvalue weighted by Crippen LogP contribution is 2.28. The molecule has 0 aromatic carbocycles. The lowest BCUT2D eigenvalue weighted by Crippen LogP contribution is -2.50. The summed E-state index contributed by atoms with van der Waals surface area (Å²) in [6, 6.07) is -0.0620. The maximum absolute atomic E-state index is 5.97. The number of morpholine rings is 1. The number of nitrogens with zero attached hydrogens (tertiary/aromatic N) is 3. The molecule has 21 heavy (non-hydrogen) atoms. The lowest BCUT2D eigenvalue weighted by atomic mass is 10.1. The molecule has 1 aromatic heterocycles. The fourth-order valence-electron chi connectivity index (χ4n) is 2.89. The number of hydrazine groups is 1. The molecule has 2 unspecified atom stereocenters.